The smallest absolute Gasteiger partial charge is 0.180 e. The van der Waals surface area contributed by atoms with Crippen molar-refractivity contribution in [2.45, 2.75) is 43.9 Å². The number of hydrogen-bond donors (Lipinski definition) is 1. The van der Waals surface area contributed by atoms with Gasteiger partial charge in [0.05, 0.1) is 26.0 Å². The van der Waals surface area contributed by atoms with Crippen molar-refractivity contribution in [2.24, 2.45) is 0 Å². The number of nitrogens with one attached hydrogen (secondary N) is 1. The van der Waals surface area contributed by atoms with Crippen LogP contribution in [0.15, 0.2) is 48.5 Å². The third-order valence-electron chi connectivity index (χ3n) is 6.14. The van der Waals surface area contributed by atoms with Crippen LogP contribution in [-0.4, -0.2) is 25.0 Å². The Hall–Kier alpha value is -2.66. The van der Waals surface area contributed by atoms with E-state index >= 15 is 0 Å². The molecule has 1 saturated carbocycles. The van der Waals surface area contributed by atoms with Crippen LogP contribution >= 0.6 is 0 Å². The monoisotopic (exact) mass is 378 g/mol. The molecule has 0 saturated heterocycles. The molecule has 1 unspecified atom stereocenters. The third-order valence-corrected chi connectivity index (χ3v) is 6.14. The Balaban J connectivity index is 1.61. The van der Waals surface area contributed by atoms with Gasteiger partial charge in [0.15, 0.2) is 17.2 Å². The first kappa shape index (κ1) is 17.4. The number of methoxy groups -OCH3 is 2. The fraction of sp³-hybridized carbons (Fsp3) is 0.391. The minimum atomic E-state index is -0.346. The minimum absolute atomic E-state index is 0.109. The van der Waals surface area contributed by atoms with Crippen LogP contribution in [-0.2, 0) is 0 Å². The van der Waals surface area contributed by atoms with Crippen molar-refractivity contribution in [3.05, 3.63) is 59.7 Å². The SMILES string of the molecule is COc1cccc(C2=CC3c4cccc(OC)c4OC4(CCCCC4)N3N2)c1. The van der Waals surface area contributed by atoms with Crippen molar-refractivity contribution in [1.29, 1.82) is 0 Å². The lowest BCUT2D eigenvalue weighted by Crippen LogP contribution is -2.60. The molecule has 0 amide bonds. The van der Waals surface area contributed by atoms with E-state index in [4.69, 9.17) is 14.2 Å². The predicted octanol–water partition coefficient (Wildman–Crippen LogP) is 4.66. The largest absolute Gasteiger partial charge is 0.497 e. The molecule has 1 aliphatic carbocycles. The fourth-order valence-corrected chi connectivity index (χ4v) is 4.73. The molecule has 1 N–H and O–H groups in total. The fourth-order valence-electron chi connectivity index (χ4n) is 4.73. The molecule has 0 bridgehead atoms. The Bertz CT molecular complexity index is 918. The summed E-state index contributed by atoms with van der Waals surface area (Å²) in [6.45, 7) is 0. The highest BCUT2D eigenvalue weighted by molar-refractivity contribution is 5.69. The van der Waals surface area contributed by atoms with E-state index in [1.165, 1.54) is 19.3 Å². The summed E-state index contributed by atoms with van der Waals surface area (Å²) in [5.74, 6) is 2.55. The number of nitrogens with zero attached hydrogens (tertiary/aromatic N) is 1. The molecule has 146 valence electrons. The first-order chi connectivity index (χ1) is 13.7. The highest BCUT2D eigenvalue weighted by Crippen LogP contribution is 2.52. The Labute approximate surface area is 165 Å². The lowest BCUT2D eigenvalue weighted by atomic mass is 9.87. The van der Waals surface area contributed by atoms with Crippen molar-refractivity contribution < 1.29 is 14.2 Å². The third kappa shape index (κ3) is 2.65. The van der Waals surface area contributed by atoms with Gasteiger partial charge in [-0.15, -0.1) is 0 Å². The van der Waals surface area contributed by atoms with Gasteiger partial charge in [0, 0.05) is 24.0 Å². The van der Waals surface area contributed by atoms with E-state index < -0.39 is 0 Å². The summed E-state index contributed by atoms with van der Waals surface area (Å²) in [5.41, 5.74) is 6.67. The molecular formula is C23H26N2O3. The Kier molecular flexibility index (Phi) is 4.20. The van der Waals surface area contributed by atoms with E-state index in [-0.39, 0.29) is 11.8 Å². The van der Waals surface area contributed by atoms with E-state index in [9.17, 15) is 0 Å². The normalized spacial score (nSPS) is 22.5. The Morgan fingerprint density at radius 3 is 2.64 bits per heavy atom. The second-order valence-corrected chi connectivity index (χ2v) is 7.73. The number of hydrazine groups is 1. The molecule has 1 fully saturated rings. The van der Waals surface area contributed by atoms with Crippen molar-refractivity contribution in [3.8, 4) is 17.2 Å². The molecule has 5 nitrogen and oxygen atoms in total. The van der Waals surface area contributed by atoms with Gasteiger partial charge in [-0.2, -0.15) is 5.01 Å². The number of hydrogen-bond acceptors (Lipinski definition) is 5. The van der Waals surface area contributed by atoms with Crippen molar-refractivity contribution in [3.63, 3.8) is 0 Å². The molecule has 2 aromatic carbocycles. The zero-order valence-electron chi connectivity index (χ0n) is 16.4. The second kappa shape index (κ2) is 6.74. The van der Waals surface area contributed by atoms with Crippen molar-refractivity contribution in [2.75, 3.05) is 14.2 Å². The maximum absolute atomic E-state index is 6.71. The van der Waals surface area contributed by atoms with Crippen molar-refractivity contribution >= 4 is 5.70 Å². The van der Waals surface area contributed by atoms with Gasteiger partial charge in [-0.25, -0.2) is 0 Å². The van der Waals surface area contributed by atoms with Crippen LogP contribution in [0, 0.1) is 0 Å². The van der Waals surface area contributed by atoms with E-state index in [1.54, 1.807) is 14.2 Å². The summed E-state index contributed by atoms with van der Waals surface area (Å²) in [5, 5.41) is 2.32. The second-order valence-electron chi connectivity index (χ2n) is 7.73. The predicted molar refractivity (Wildman–Crippen MR) is 108 cm³/mol. The zero-order valence-corrected chi connectivity index (χ0v) is 16.4. The molecule has 28 heavy (non-hydrogen) atoms. The molecule has 5 heteroatoms. The van der Waals surface area contributed by atoms with Crippen LogP contribution < -0.4 is 19.6 Å². The first-order valence-electron chi connectivity index (χ1n) is 10.0. The summed E-state index contributed by atoms with van der Waals surface area (Å²) in [6.07, 6.45) is 7.92. The molecule has 0 aromatic heterocycles. The Morgan fingerprint density at radius 2 is 1.86 bits per heavy atom. The lowest BCUT2D eigenvalue weighted by molar-refractivity contribution is -0.151. The highest BCUT2D eigenvalue weighted by atomic mass is 16.5. The Morgan fingerprint density at radius 1 is 1.04 bits per heavy atom. The van der Waals surface area contributed by atoms with Crippen LogP contribution in [0.5, 0.6) is 17.2 Å². The van der Waals surface area contributed by atoms with E-state index in [0.717, 1.165) is 46.9 Å². The highest BCUT2D eigenvalue weighted by Gasteiger charge is 2.51. The van der Waals surface area contributed by atoms with Crippen LogP contribution in [0.2, 0.25) is 0 Å². The molecule has 2 heterocycles. The lowest BCUT2D eigenvalue weighted by Gasteiger charge is -2.50. The average Bonchev–Trinajstić information content (AvgIpc) is 3.21. The molecule has 1 spiro atoms. The molecule has 2 aliphatic heterocycles. The summed E-state index contributed by atoms with van der Waals surface area (Å²) in [6, 6.07) is 14.4. The molecule has 5 rings (SSSR count). The zero-order chi connectivity index (χ0) is 19.1. The maximum Gasteiger partial charge on any atom is 0.180 e. The van der Waals surface area contributed by atoms with Gasteiger partial charge in [-0.05, 0) is 37.1 Å². The summed E-state index contributed by atoms with van der Waals surface area (Å²) in [4.78, 5) is 0. The maximum atomic E-state index is 6.71. The van der Waals surface area contributed by atoms with Crippen LogP contribution in [0.3, 0.4) is 0 Å². The number of para-hydroxylation sites is 1. The van der Waals surface area contributed by atoms with Crippen molar-refractivity contribution in [1.82, 2.24) is 10.4 Å². The average molecular weight is 378 g/mol. The van der Waals surface area contributed by atoms with Crippen LogP contribution in [0.1, 0.15) is 49.3 Å². The summed E-state index contributed by atoms with van der Waals surface area (Å²) in [7, 11) is 3.41. The van der Waals surface area contributed by atoms with E-state index in [2.05, 4.69) is 34.7 Å². The van der Waals surface area contributed by atoms with E-state index in [1.807, 2.05) is 24.3 Å². The molecular weight excluding hydrogens is 352 g/mol. The summed E-state index contributed by atoms with van der Waals surface area (Å²) < 4.78 is 17.8. The van der Waals surface area contributed by atoms with Gasteiger partial charge in [0.25, 0.3) is 0 Å². The van der Waals surface area contributed by atoms with Gasteiger partial charge >= 0.3 is 0 Å². The van der Waals surface area contributed by atoms with Gasteiger partial charge < -0.3 is 19.6 Å². The molecule has 0 radical (unpaired) electrons. The number of benzene rings is 2. The van der Waals surface area contributed by atoms with Crippen LogP contribution in [0.25, 0.3) is 5.70 Å². The van der Waals surface area contributed by atoms with E-state index in [0.29, 0.717) is 0 Å². The quantitative estimate of drug-likeness (QED) is 0.841. The first-order valence-corrected chi connectivity index (χ1v) is 10.0. The van der Waals surface area contributed by atoms with Gasteiger partial charge in [0.2, 0.25) is 0 Å². The number of rotatable bonds is 3. The van der Waals surface area contributed by atoms with Gasteiger partial charge in [0.1, 0.15) is 5.75 Å². The standard InChI is InChI=1S/C23H26N2O3/c1-26-17-9-6-8-16(14-17)19-15-20-18-10-7-11-21(27-2)22(18)28-23(25(20)24-19)12-4-3-5-13-23/h6-11,14-15,20,24H,3-5,12-13H2,1-2H3. The minimum Gasteiger partial charge on any atom is -0.497 e. The van der Waals surface area contributed by atoms with Gasteiger partial charge in [-0.1, -0.05) is 30.7 Å². The molecule has 1 atom stereocenters. The summed E-state index contributed by atoms with van der Waals surface area (Å²) >= 11 is 0. The molecule has 2 aromatic rings. The van der Waals surface area contributed by atoms with Crippen LogP contribution in [0.4, 0.5) is 0 Å². The van der Waals surface area contributed by atoms with Gasteiger partial charge in [-0.3, -0.25) is 0 Å². The number of ether oxygens (including phenoxy) is 3. The number of fused-ring (bicyclic) bond motifs is 4. The molecule has 3 aliphatic rings. The topological polar surface area (TPSA) is 43.0 Å².